The number of carbonyl (C=O) groups is 2. The van der Waals surface area contributed by atoms with Crippen LogP contribution in [0.5, 0.6) is 0 Å². The number of rotatable bonds is 4. The van der Waals surface area contributed by atoms with Crippen molar-refractivity contribution in [3.05, 3.63) is 65.5 Å². The number of nitrogens with zero attached hydrogens (tertiary/aromatic N) is 2. The lowest BCUT2D eigenvalue weighted by molar-refractivity contribution is -0.120. The SMILES string of the molecule is CC(=O)N[C@H]1CCCN(C(=O)c2ccncc2C)[C@H]1Cc1ccccc1. The molecular weight excluding hydrogens is 326 g/mol. The van der Waals surface area contributed by atoms with Crippen molar-refractivity contribution < 1.29 is 9.59 Å². The fraction of sp³-hybridized carbons (Fsp3) is 0.381. The molecule has 0 bridgehead atoms. The largest absolute Gasteiger partial charge is 0.352 e. The first-order chi connectivity index (χ1) is 12.6. The lowest BCUT2D eigenvalue weighted by Gasteiger charge is -2.42. The van der Waals surface area contributed by atoms with Gasteiger partial charge in [0.15, 0.2) is 0 Å². The van der Waals surface area contributed by atoms with Crippen molar-refractivity contribution in [3.8, 4) is 0 Å². The molecule has 1 aliphatic rings. The number of piperidine rings is 1. The fourth-order valence-electron chi connectivity index (χ4n) is 3.71. The summed E-state index contributed by atoms with van der Waals surface area (Å²) in [6.45, 7) is 4.14. The van der Waals surface area contributed by atoms with Gasteiger partial charge in [-0.1, -0.05) is 30.3 Å². The zero-order valence-corrected chi connectivity index (χ0v) is 15.3. The average molecular weight is 351 g/mol. The van der Waals surface area contributed by atoms with Crippen molar-refractivity contribution in [2.45, 2.75) is 45.2 Å². The molecule has 1 aliphatic heterocycles. The first kappa shape index (κ1) is 18.1. The third kappa shape index (κ3) is 4.10. The van der Waals surface area contributed by atoms with E-state index >= 15 is 0 Å². The van der Waals surface area contributed by atoms with Crippen LogP contribution >= 0.6 is 0 Å². The van der Waals surface area contributed by atoms with Gasteiger partial charge < -0.3 is 10.2 Å². The quantitative estimate of drug-likeness (QED) is 0.921. The number of hydrogen-bond donors (Lipinski definition) is 1. The third-order valence-electron chi connectivity index (χ3n) is 4.97. The molecule has 0 unspecified atom stereocenters. The number of aryl methyl sites for hydroxylation is 1. The van der Waals surface area contributed by atoms with E-state index in [1.807, 2.05) is 30.0 Å². The van der Waals surface area contributed by atoms with E-state index < -0.39 is 0 Å². The minimum Gasteiger partial charge on any atom is -0.352 e. The Morgan fingerprint density at radius 3 is 2.69 bits per heavy atom. The van der Waals surface area contributed by atoms with E-state index in [1.165, 1.54) is 12.5 Å². The summed E-state index contributed by atoms with van der Waals surface area (Å²) in [5.41, 5.74) is 2.72. The van der Waals surface area contributed by atoms with Crippen LogP contribution in [0.3, 0.4) is 0 Å². The summed E-state index contributed by atoms with van der Waals surface area (Å²) in [4.78, 5) is 30.9. The van der Waals surface area contributed by atoms with Gasteiger partial charge in [0, 0.05) is 37.5 Å². The second-order valence-corrected chi connectivity index (χ2v) is 6.90. The van der Waals surface area contributed by atoms with Crippen molar-refractivity contribution in [1.29, 1.82) is 0 Å². The van der Waals surface area contributed by atoms with E-state index in [4.69, 9.17) is 0 Å². The summed E-state index contributed by atoms with van der Waals surface area (Å²) in [5, 5.41) is 3.06. The number of pyridine rings is 1. The lowest BCUT2D eigenvalue weighted by Crippen LogP contribution is -2.57. The molecule has 136 valence electrons. The Bertz CT molecular complexity index is 776. The van der Waals surface area contributed by atoms with Gasteiger partial charge in [-0.3, -0.25) is 14.6 Å². The highest BCUT2D eigenvalue weighted by Crippen LogP contribution is 2.24. The van der Waals surface area contributed by atoms with Crippen LogP contribution in [-0.2, 0) is 11.2 Å². The molecule has 1 aromatic carbocycles. The molecule has 1 aromatic heterocycles. The van der Waals surface area contributed by atoms with Crippen LogP contribution in [0.2, 0.25) is 0 Å². The zero-order valence-electron chi connectivity index (χ0n) is 15.3. The Balaban J connectivity index is 1.90. The average Bonchev–Trinajstić information content (AvgIpc) is 2.63. The lowest BCUT2D eigenvalue weighted by atomic mass is 9.90. The first-order valence-electron chi connectivity index (χ1n) is 9.09. The number of carbonyl (C=O) groups excluding carboxylic acids is 2. The third-order valence-corrected chi connectivity index (χ3v) is 4.97. The van der Waals surface area contributed by atoms with Gasteiger partial charge in [0.2, 0.25) is 5.91 Å². The fourth-order valence-corrected chi connectivity index (χ4v) is 3.71. The maximum Gasteiger partial charge on any atom is 0.254 e. The van der Waals surface area contributed by atoms with Crippen LogP contribution in [0.15, 0.2) is 48.8 Å². The highest BCUT2D eigenvalue weighted by atomic mass is 16.2. The maximum absolute atomic E-state index is 13.2. The van der Waals surface area contributed by atoms with E-state index in [0.29, 0.717) is 12.1 Å². The Morgan fingerprint density at radius 2 is 2.00 bits per heavy atom. The molecule has 26 heavy (non-hydrogen) atoms. The summed E-state index contributed by atoms with van der Waals surface area (Å²) in [5.74, 6) is -0.0386. The van der Waals surface area contributed by atoms with E-state index in [2.05, 4.69) is 22.4 Å². The summed E-state index contributed by atoms with van der Waals surface area (Å²) in [6, 6.07) is 11.8. The van der Waals surface area contributed by atoms with E-state index in [-0.39, 0.29) is 23.9 Å². The summed E-state index contributed by atoms with van der Waals surface area (Å²) < 4.78 is 0. The predicted octanol–water partition coefficient (Wildman–Crippen LogP) is 2.74. The highest BCUT2D eigenvalue weighted by molar-refractivity contribution is 5.95. The van der Waals surface area contributed by atoms with Crippen molar-refractivity contribution in [2.24, 2.45) is 0 Å². The van der Waals surface area contributed by atoms with Crippen LogP contribution in [-0.4, -0.2) is 40.3 Å². The molecule has 0 radical (unpaired) electrons. The van der Waals surface area contributed by atoms with Crippen molar-refractivity contribution in [3.63, 3.8) is 0 Å². The number of hydrogen-bond acceptors (Lipinski definition) is 3. The Kier molecular flexibility index (Phi) is 5.66. The van der Waals surface area contributed by atoms with Crippen LogP contribution in [0.1, 0.15) is 41.3 Å². The van der Waals surface area contributed by atoms with E-state index in [9.17, 15) is 9.59 Å². The second kappa shape index (κ2) is 8.13. The minimum absolute atomic E-state index is 0.0147. The van der Waals surface area contributed by atoms with Gasteiger partial charge in [-0.15, -0.1) is 0 Å². The molecule has 5 nitrogen and oxygen atoms in total. The highest BCUT2D eigenvalue weighted by Gasteiger charge is 2.35. The van der Waals surface area contributed by atoms with Crippen molar-refractivity contribution in [1.82, 2.24) is 15.2 Å². The molecule has 2 amide bonds. The second-order valence-electron chi connectivity index (χ2n) is 6.90. The number of benzene rings is 1. The Morgan fingerprint density at radius 1 is 1.23 bits per heavy atom. The molecule has 1 fully saturated rings. The summed E-state index contributed by atoms with van der Waals surface area (Å²) >= 11 is 0. The first-order valence-corrected chi connectivity index (χ1v) is 9.09. The van der Waals surface area contributed by atoms with Gasteiger partial charge in [-0.2, -0.15) is 0 Å². The molecule has 0 spiro atoms. The van der Waals surface area contributed by atoms with Gasteiger partial charge >= 0.3 is 0 Å². The van der Waals surface area contributed by atoms with Gasteiger partial charge in [0.25, 0.3) is 5.91 Å². The Labute approximate surface area is 154 Å². The molecule has 0 aliphatic carbocycles. The van der Waals surface area contributed by atoms with Gasteiger partial charge in [-0.25, -0.2) is 0 Å². The molecule has 2 atom stereocenters. The smallest absolute Gasteiger partial charge is 0.254 e. The molecule has 5 heteroatoms. The molecule has 3 rings (SSSR count). The van der Waals surface area contributed by atoms with Gasteiger partial charge in [0.05, 0.1) is 6.04 Å². The van der Waals surface area contributed by atoms with E-state index in [0.717, 1.165) is 24.8 Å². The number of aromatic nitrogens is 1. The maximum atomic E-state index is 13.2. The zero-order chi connectivity index (χ0) is 18.5. The predicted molar refractivity (Wildman–Crippen MR) is 101 cm³/mol. The molecular formula is C21H25N3O2. The summed E-state index contributed by atoms with van der Waals surface area (Å²) in [6.07, 6.45) is 5.86. The van der Waals surface area contributed by atoms with E-state index in [1.54, 1.807) is 18.5 Å². The minimum atomic E-state index is -0.0601. The van der Waals surface area contributed by atoms with Crippen LogP contribution in [0.4, 0.5) is 0 Å². The van der Waals surface area contributed by atoms with Crippen LogP contribution in [0.25, 0.3) is 0 Å². The number of likely N-dealkylation sites (tertiary alicyclic amines) is 1. The Hall–Kier alpha value is -2.69. The number of nitrogens with one attached hydrogen (secondary N) is 1. The van der Waals surface area contributed by atoms with Crippen LogP contribution in [0, 0.1) is 6.92 Å². The molecule has 2 heterocycles. The summed E-state index contributed by atoms with van der Waals surface area (Å²) in [7, 11) is 0. The normalized spacial score (nSPS) is 19.8. The standard InChI is InChI=1S/C21H25N3O2/c1-15-14-22-11-10-18(15)21(26)24-12-6-9-19(23-16(2)25)20(24)13-17-7-4-3-5-8-17/h3-5,7-8,10-11,14,19-20H,6,9,12-13H2,1-2H3,(H,23,25)/t19-,20-/m0/s1. The van der Waals surface area contributed by atoms with Crippen molar-refractivity contribution >= 4 is 11.8 Å². The molecule has 0 saturated carbocycles. The number of amides is 2. The van der Waals surface area contributed by atoms with Crippen molar-refractivity contribution in [2.75, 3.05) is 6.54 Å². The topological polar surface area (TPSA) is 62.3 Å². The van der Waals surface area contributed by atoms with Gasteiger partial charge in [0.1, 0.15) is 0 Å². The van der Waals surface area contributed by atoms with Gasteiger partial charge in [-0.05, 0) is 43.4 Å². The molecule has 1 N–H and O–H groups in total. The monoisotopic (exact) mass is 351 g/mol. The van der Waals surface area contributed by atoms with Crippen LogP contribution < -0.4 is 5.32 Å². The molecule has 2 aromatic rings. The molecule has 1 saturated heterocycles.